The summed E-state index contributed by atoms with van der Waals surface area (Å²) in [5.41, 5.74) is 2.47. The van der Waals surface area contributed by atoms with Crippen LogP contribution in [0, 0.1) is 11.8 Å². The summed E-state index contributed by atoms with van der Waals surface area (Å²) in [6, 6.07) is 16.9. The van der Waals surface area contributed by atoms with Gasteiger partial charge in [0.05, 0.1) is 6.61 Å². The molecule has 1 aliphatic carbocycles. The summed E-state index contributed by atoms with van der Waals surface area (Å²) in [5, 5.41) is 0. The Morgan fingerprint density at radius 1 is 0.833 bits per heavy atom. The van der Waals surface area contributed by atoms with Crippen molar-refractivity contribution in [2.24, 2.45) is 11.8 Å². The Balaban J connectivity index is 1.49. The third-order valence-corrected chi connectivity index (χ3v) is 5.71. The Morgan fingerprint density at radius 3 is 1.96 bits per heavy atom. The molecule has 0 aromatic heterocycles. The molecule has 0 saturated heterocycles. The molecule has 1 aliphatic rings. The van der Waals surface area contributed by atoms with E-state index in [2.05, 4.69) is 71.4 Å². The normalized spacial score (nSPS) is 20.8. The van der Waals surface area contributed by atoms with E-state index < -0.39 is 0 Å². The van der Waals surface area contributed by atoms with Crippen LogP contribution in [0.1, 0.15) is 45.4 Å². The van der Waals surface area contributed by atoms with E-state index in [1.807, 2.05) is 0 Å². The van der Waals surface area contributed by atoms with Gasteiger partial charge in [-0.3, -0.25) is 0 Å². The van der Waals surface area contributed by atoms with Crippen molar-refractivity contribution in [2.45, 2.75) is 45.4 Å². The molecule has 2 aromatic carbocycles. The van der Waals surface area contributed by atoms with Crippen LogP contribution >= 0.6 is 15.9 Å². The van der Waals surface area contributed by atoms with Gasteiger partial charge >= 0.3 is 0 Å². The molecule has 1 saturated carbocycles. The fourth-order valence-electron chi connectivity index (χ4n) is 3.70. The van der Waals surface area contributed by atoms with Crippen LogP contribution < -0.4 is 4.74 Å². The average molecular weight is 387 g/mol. The predicted octanol–water partition coefficient (Wildman–Crippen LogP) is 7.10. The molecule has 1 fully saturated rings. The first-order valence-corrected chi connectivity index (χ1v) is 10.0. The summed E-state index contributed by atoms with van der Waals surface area (Å²) in [6.07, 6.45) is 8.19. The van der Waals surface area contributed by atoms with E-state index in [-0.39, 0.29) is 0 Å². The van der Waals surface area contributed by atoms with Gasteiger partial charge in [0.15, 0.2) is 0 Å². The molecule has 0 N–H and O–H groups in total. The highest BCUT2D eigenvalue weighted by Gasteiger charge is 2.20. The van der Waals surface area contributed by atoms with Crippen LogP contribution in [-0.2, 0) is 0 Å². The number of hydrogen-bond donors (Lipinski definition) is 0. The number of halogens is 1. The first-order chi connectivity index (χ1) is 11.7. The van der Waals surface area contributed by atoms with Crippen molar-refractivity contribution < 1.29 is 4.74 Å². The van der Waals surface area contributed by atoms with Crippen molar-refractivity contribution in [1.82, 2.24) is 0 Å². The zero-order valence-corrected chi connectivity index (χ0v) is 16.1. The third kappa shape index (κ3) is 4.86. The highest BCUT2D eigenvalue weighted by atomic mass is 79.9. The van der Waals surface area contributed by atoms with Crippen molar-refractivity contribution in [3.63, 3.8) is 0 Å². The minimum atomic E-state index is 0.740. The zero-order valence-electron chi connectivity index (χ0n) is 14.5. The molecule has 24 heavy (non-hydrogen) atoms. The lowest BCUT2D eigenvalue weighted by atomic mass is 9.80. The predicted molar refractivity (Wildman–Crippen MR) is 105 cm³/mol. The molecule has 3 rings (SSSR count). The Kier molecular flexibility index (Phi) is 6.37. The van der Waals surface area contributed by atoms with Crippen LogP contribution in [0.25, 0.3) is 11.1 Å². The smallest absolute Gasteiger partial charge is 0.119 e. The fraction of sp³-hybridized carbons (Fsp3) is 0.455. The van der Waals surface area contributed by atoms with Gasteiger partial charge in [0.25, 0.3) is 0 Å². The van der Waals surface area contributed by atoms with Crippen molar-refractivity contribution >= 4 is 15.9 Å². The van der Waals surface area contributed by atoms with E-state index >= 15 is 0 Å². The van der Waals surface area contributed by atoms with E-state index in [0.717, 1.165) is 28.7 Å². The number of rotatable bonds is 6. The summed E-state index contributed by atoms with van der Waals surface area (Å²) in [7, 11) is 0. The number of benzene rings is 2. The standard InChI is InChI=1S/C22H27BrO/c1-2-3-17-4-6-18(7-5-17)16-24-22-14-10-20(11-15-22)19-8-12-21(23)13-9-19/h8-15,17-18H,2-7,16H2,1H3. The van der Waals surface area contributed by atoms with Crippen molar-refractivity contribution in [3.05, 3.63) is 53.0 Å². The number of hydrogen-bond acceptors (Lipinski definition) is 1. The molecule has 0 amide bonds. The summed E-state index contributed by atoms with van der Waals surface area (Å²) < 4.78 is 7.15. The maximum atomic E-state index is 6.04. The molecule has 0 radical (unpaired) electrons. The van der Waals surface area contributed by atoms with E-state index in [1.54, 1.807) is 0 Å². The summed E-state index contributed by atoms with van der Waals surface area (Å²) in [4.78, 5) is 0. The van der Waals surface area contributed by atoms with Gasteiger partial charge in [-0.05, 0) is 60.1 Å². The molecule has 1 nitrogen and oxygen atoms in total. The summed E-state index contributed by atoms with van der Waals surface area (Å²) in [5.74, 6) is 2.70. The van der Waals surface area contributed by atoms with Gasteiger partial charge in [-0.25, -0.2) is 0 Å². The van der Waals surface area contributed by atoms with Crippen molar-refractivity contribution in [1.29, 1.82) is 0 Å². The average Bonchev–Trinajstić information content (AvgIpc) is 2.63. The molecule has 0 aliphatic heterocycles. The molecular formula is C22H27BrO. The van der Waals surface area contributed by atoms with Gasteiger partial charge < -0.3 is 4.74 Å². The van der Waals surface area contributed by atoms with Crippen LogP contribution in [0.3, 0.4) is 0 Å². The SMILES string of the molecule is CCCC1CCC(COc2ccc(-c3ccc(Br)cc3)cc2)CC1. The van der Waals surface area contributed by atoms with E-state index in [1.165, 1.54) is 49.7 Å². The van der Waals surface area contributed by atoms with Crippen molar-refractivity contribution in [2.75, 3.05) is 6.61 Å². The lowest BCUT2D eigenvalue weighted by Gasteiger charge is -2.28. The first-order valence-electron chi connectivity index (χ1n) is 9.23. The van der Waals surface area contributed by atoms with Crippen LogP contribution in [-0.4, -0.2) is 6.61 Å². The minimum absolute atomic E-state index is 0.740. The minimum Gasteiger partial charge on any atom is -0.493 e. The maximum absolute atomic E-state index is 6.04. The van der Waals surface area contributed by atoms with Gasteiger partial charge in [0.1, 0.15) is 5.75 Å². The van der Waals surface area contributed by atoms with Crippen LogP contribution in [0.5, 0.6) is 5.75 Å². The van der Waals surface area contributed by atoms with Crippen molar-refractivity contribution in [3.8, 4) is 16.9 Å². The Labute approximate surface area is 154 Å². The Bertz CT molecular complexity index is 609. The van der Waals surface area contributed by atoms with E-state index in [0.29, 0.717) is 0 Å². The molecule has 0 unspecified atom stereocenters. The quantitative estimate of drug-likeness (QED) is 0.514. The van der Waals surface area contributed by atoms with Gasteiger partial charge in [-0.15, -0.1) is 0 Å². The maximum Gasteiger partial charge on any atom is 0.119 e. The van der Waals surface area contributed by atoms with Gasteiger partial charge in [0.2, 0.25) is 0 Å². The number of ether oxygens (including phenoxy) is 1. The molecule has 0 atom stereocenters. The molecule has 0 spiro atoms. The Hall–Kier alpha value is -1.28. The second kappa shape index (κ2) is 8.71. The first kappa shape index (κ1) is 17.5. The monoisotopic (exact) mass is 386 g/mol. The lowest BCUT2D eigenvalue weighted by molar-refractivity contribution is 0.178. The second-order valence-corrected chi connectivity index (χ2v) is 7.93. The van der Waals surface area contributed by atoms with Gasteiger partial charge in [-0.2, -0.15) is 0 Å². The van der Waals surface area contributed by atoms with Crippen LogP contribution in [0.2, 0.25) is 0 Å². The summed E-state index contributed by atoms with van der Waals surface area (Å²) >= 11 is 3.48. The molecule has 2 aromatic rings. The summed E-state index contributed by atoms with van der Waals surface area (Å²) in [6.45, 7) is 3.17. The highest BCUT2D eigenvalue weighted by molar-refractivity contribution is 9.10. The zero-order chi connectivity index (χ0) is 16.8. The molecular weight excluding hydrogens is 360 g/mol. The fourth-order valence-corrected chi connectivity index (χ4v) is 3.96. The van der Waals surface area contributed by atoms with Gasteiger partial charge in [-0.1, -0.05) is 72.8 Å². The molecule has 0 heterocycles. The highest BCUT2D eigenvalue weighted by Crippen LogP contribution is 2.32. The largest absolute Gasteiger partial charge is 0.493 e. The molecule has 2 heteroatoms. The van der Waals surface area contributed by atoms with Crippen LogP contribution in [0.15, 0.2) is 53.0 Å². The topological polar surface area (TPSA) is 9.23 Å². The third-order valence-electron chi connectivity index (χ3n) is 5.18. The lowest BCUT2D eigenvalue weighted by Crippen LogP contribution is -2.20. The Morgan fingerprint density at radius 2 is 1.38 bits per heavy atom. The molecule has 0 bridgehead atoms. The molecule has 128 valence electrons. The van der Waals surface area contributed by atoms with E-state index in [4.69, 9.17) is 4.74 Å². The van der Waals surface area contributed by atoms with E-state index in [9.17, 15) is 0 Å². The second-order valence-electron chi connectivity index (χ2n) is 7.02. The van der Waals surface area contributed by atoms with Crippen LogP contribution in [0.4, 0.5) is 0 Å². The van der Waals surface area contributed by atoms with Gasteiger partial charge in [0, 0.05) is 4.47 Å².